The number of phenolic OH excluding ortho intramolecular Hbond substituents is 1. The van der Waals surface area contributed by atoms with Crippen LogP contribution in [0.2, 0.25) is 0 Å². The molecule has 0 amide bonds. The van der Waals surface area contributed by atoms with Crippen molar-refractivity contribution >= 4 is 22.9 Å². The molecule has 5 atom stereocenters. The highest BCUT2D eigenvalue weighted by atomic mass is 16.7. The topological polar surface area (TPSA) is 193 Å². The molecule has 1 aliphatic rings. The van der Waals surface area contributed by atoms with Gasteiger partial charge in [-0.3, -0.25) is 14.4 Å². The van der Waals surface area contributed by atoms with Gasteiger partial charge >= 0.3 is 11.9 Å². The highest BCUT2D eigenvalue weighted by molar-refractivity contribution is 5.90. The van der Waals surface area contributed by atoms with Crippen molar-refractivity contribution in [3.05, 3.63) is 58.8 Å². The third kappa shape index (κ3) is 5.47. The van der Waals surface area contributed by atoms with E-state index in [9.17, 15) is 34.8 Å². The standard InChI is InChI=1S/C24H22O12/c25-12-3-1-11(2-4-12)16-8-15(26)14-6-5-13(7-17(14)35-16)34-24-23(32)22(31)21(30)18(36-24)10-33-20(29)9-19(27)28/h1-8,18,21-25,30-32H,9-10H2,(H,27,28)/t18-,21-,22+,23-,24-/m1/s1. The van der Waals surface area contributed by atoms with Gasteiger partial charge in [0.05, 0.1) is 5.39 Å². The molecule has 36 heavy (non-hydrogen) atoms. The van der Waals surface area contributed by atoms with Crippen molar-refractivity contribution in [1.29, 1.82) is 0 Å². The molecular weight excluding hydrogens is 480 g/mol. The van der Waals surface area contributed by atoms with E-state index in [0.717, 1.165) is 0 Å². The van der Waals surface area contributed by atoms with E-state index in [-0.39, 0.29) is 33.7 Å². The first-order valence-electron chi connectivity index (χ1n) is 10.7. The molecule has 4 rings (SSSR count). The number of hydrogen-bond donors (Lipinski definition) is 5. The van der Waals surface area contributed by atoms with Gasteiger partial charge in [0, 0.05) is 17.7 Å². The van der Waals surface area contributed by atoms with E-state index in [0.29, 0.717) is 5.56 Å². The molecule has 0 saturated carbocycles. The van der Waals surface area contributed by atoms with Gasteiger partial charge in [-0.15, -0.1) is 0 Å². The Bertz CT molecular complexity index is 1310. The van der Waals surface area contributed by atoms with Crippen molar-refractivity contribution in [3.63, 3.8) is 0 Å². The average molecular weight is 502 g/mol. The molecule has 5 N–H and O–H groups in total. The fraction of sp³-hybridized carbons (Fsp3) is 0.292. The summed E-state index contributed by atoms with van der Waals surface area (Å²) in [5, 5.41) is 49.0. The Morgan fingerprint density at radius 1 is 0.944 bits per heavy atom. The quantitative estimate of drug-likeness (QED) is 0.220. The first-order valence-corrected chi connectivity index (χ1v) is 10.7. The van der Waals surface area contributed by atoms with Crippen LogP contribution < -0.4 is 10.2 Å². The molecule has 0 aliphatic carbocycles. The summed E-state index contributed by atoms with van der Waals surface area (Å²) < 4.78 is 21.7. The zero-order valence-electron chi connectivity index (χ0n) is 18.5. The van der Waals surface area contributed by atoms with Crippen LogP contribution in [0.5, 0.6) is 11.5 Å². The van der Waals surface area contributed by atoms with Crippen molar-refractivity contribution in [2.45, 2.75) is 37.1 Å². The van der Waals surface area contributed by atoms with Crippen LogP contribution >= 0.6 is 0 Å². The molecule has 0 spiro atoms. The molecule has 1 aromatic heterocycles. The van der Waals surface area contributed by atoms with E-state index in [1.165, 1.54) is 36.4 Å². The second-order valence-corrected chi connectivity index (χ2v) is 8.07. The minimum absolute atomic E-state index is 0.0471. The number of rotatable bonds is 7. The molecule has 12 nitrogen and oxygen atoms in total. The summed E-state index contributed by atoms with van der Waals surface area (Å²) in [5.41, 5.74) is 0.358. The highest BCUT2D eigenvalue weighted by Gasteiger charge is 2.45. The van der Waals surface area contributed by atoms with E-state index in [1.54, 1.807) is 12.1 Å². The Kier molecular flexibility index (Phi) is 7.22. The lowest BCUT2D eigenvalue weighted by molar-refractivity contribution is -0.278. The van der Waals surface area contributed by atoms with E-state index in [2.05, 4.69) is 0 Å². The average Bonchev–Trinajstić information content (AvgIpc) is 2.83. The minimum atomic E-state index is -1.73. The van der Waals surface area contributed by atoms with Gasteiger partial charge in [-0.2, -0.15) is 0 Å². The highest BCUT2D eigenvalue weighted by Crippen LogP contribution is 2.29. The summed E-state index contributed by atoms with van der Waals surface area (Å²) in [6, 6.07) is 11.5. The van der Waals surface area contributed by atoms with Gasteiger partial charge < -0.3 is 44.2 Å². The normalized spacial score (nSPS) is 23.8. The number of aliphatic hydroxyl groups is 3. The van der Waals surface area contributed by atoms with Gasteiger partial charge in [-0.1, -0.05) is 0 Å². The van der Waals surface area contributed by atoms with Crippen molar-refractivity contribution in [2.75, 3.05) is 6.61 Å². The third-order valence-corrected chi connectivity index (χ3v) is 5.48. The number of phenols is 1. The predicted molar refractivity (Wildman–Crippen MR) is 120 cm³/mol. The summed E-state index contributed by atoms with van der Waals surface area (Å²) in [4.78, 5) is 34.6. The molecule has 1 aliphatic heterocycles. The molecule has 3 aromatic rings. The molecule has 0 bridgehead atoms. The molecule has 2 heterocycles. The Morgan fingerprint density at radius 2 is 1.67 bits per heavy atom. The number of ether oxygens (including phenoxy) is 3. The number of aliphatic hydroxyl groups excluding tert-OH is 3. The molecular formula is C24H22O12. The number of carboxylic acid groups (broad SMARTS) is 1. The number of fused-ring (bicyclic) bond motifs is 1. The number of aliphatic carboxylic acids is 1. The molecule has 2 aromatic carbocycles. The van der Waals surface area contributed by atoms with E-state index < -0.39 is 55.7 Å². The predicted octanol–water partition coefficient (Wildman–Crippen LogP) is 0.370. The summed E-state index contributed by atoms with van der Waals surface area (Å²) >= 11 is 0. The van der Waals surface area contributed by atoms with Gasteiger partial charge in [-0.05, 0) is 36.4 Å². The molecule has 0 unspecified atom stereocenters. The van der Waals surface area contributed by atoms with Crippen molar-refractivity contribution < 1.29 is 53.7 Å². The van der Waals surface area contributed by atoms with Crippen molar-refractivity contribution in [3.8, 4) is 22.8 Å². The van der Waals surface area contributed by atoms with Crippen LogP contribution in [0.1, 0.15) is 6.42 Å². The number of carboxylic acids is 1. The molecule has 1 fully saturated rings. The second kappa shape index (κ2) is 10.3. The Labute approximate surface area is 202 Å². The van der Waals surface area contributed by atoms with Gasteiger partial charge in [-0.25, -0.2) is 0 Å². The van der Waals surface area contributed by atoms with Crippen LogP contribution in [0, 0.1) is 0 Å². The lowest BCUT2D eigenvalue weighted by Crippen LogP contribution is -2.60. The fourth-order valence-electron chi connectivity index (χ4n) is 3.61. The first kappa shape index (κ1) is 25.1. The van der Waals surface area contributed by atoms with Gasteiger partial charge in [0.25, 0.3) is 0 Å². The molecule has 0 radical (unpaired) electrons. The SMILES string of the molecule is O=C(O)CC(=O)OC[C@H]1O[C@@H](Oc2ccc3c(=O)cc(-c4ccc(O)cc4)oc3c2)[C@H](O)[C@@H](O)[C@@H]1O. The Hall–Kier alpha value is -3.97. The van der Waals surface area contributed by atoms with E-state index in [4.69, 9.17) is 23.7 Å². The Morgan fingerprint density at radius 3 is 2.36 bits per heavy atom. The van der Waals surface area contributed by atoms with Crippen molar-refractivity contribution in [2.24, 2.45) is 0 Å². The van der Waals surface area contributed by atoms with Crippen LogP contribution in [0.25, 0.3) is 22.3 Å². The summed E-state index contributed by atoms with van der Waals surface area (Å²) in [6.07, 6.45) is -8.83. The maximum absolute atomic E-state index is 12.6. The smallest absolute Gasteiger partial charge is 0.317 e. The number of hydrogen-bond acceptors (Lipinski definition) is 11. The van der Waals surface area contributed by atoms with Crippen molar-refractivity contribution in [1.82, 2.24) is 0 Å². The number of benzene rings is 2. The van der Waals surface area contributed by atoms with Crippen LogP contribution in [-0.2, 0) is 19.1 Å². The second-order valence-electron chi connectivity index (χ2n) is 8.07. The van der Waals surface area contributed by atoms with E-state index >= 15 is 0 Å². The van der Waals surface area contributed by atoms with Crippen LogP contribution in [0.15, 0.2) is 57.7 Å². The summed E-state index contributed by atoms with van der Waals surface area (Å²) in [7, 11) is 0. The monoisotopic (exact) mass is 502 g/mol. The van der Waals surface area contributed by atoms with Crippen LogP contribution in [0.3, 0.4) is 0 Å². The van der Waals surface area contributed by atoms with Gasteiger partial charge in [0.15, 0.2) is 5.43 Å². The zero-order chi connectivity index (χ0) is 26.0. The first-order chi connectivity index (χ1) is 17.1. The third-order valence-electron chi connectivity index (χ3n) is 5.48. The maximum Gasteiger partial charge on any atom is 0.317 e. The molecule has 190 valence electrons. The lowest BCUT2D eigenvalue weighted by atomic mass is 9.99. The zero-order valence-corrected chi connectivity index (χ0v) is 18.5. The fourth-order valence-corrected chi connectivity index (χ4v) is 3.61. The number of carbonyl (C=O) groups is 2. The number of aromatic hydroxyl groups is 1. The summed E-state index contributed by atoms with van der Waals surface area (Å²) in [5.74, 6) is -2.11. The molecule has 12 heteroatoms. The maximum atomic E-state index is 12.6. The van der Waals surface area contributed by atoms with Crippen LogP contribution in [-0.4, -0.2) is 74.8 Å². The summed E-state index contributed by atoms with van der Waals surface area (Å²) in [6.45, 7) is -0.598. The number of esters is 1. The van der Waals surface area contributed by atoms with Gasteiger partial charge in [0.1, 0.15) is 60.3 Å². The largest absolute Gasteiger partial charge is 0.508 e. The Balaban J connectivity index is 1.54. The van der Waals surface area contributed by atoms with Gasteiger partial charge in [0.2, 0.25) is 6.29 Å². The minimum Gasteiger partial charge on any atom is -0.508 e. The van der Waals surface area contributed by atoms with Crippen LogP contribution in [0.4, 0.5) is 0 Å². The lowest BCUT2D eigenvalue weighted by Gasteiger charge is -2.39. The molecule has 1 saturated heterocycles. The number of carbonyl (C=O) groups excluding carboxylic acids is 1. The van der Waals surface area contributed by atoms with E-state index in [1.807, 2.05) is 0 Å².